The lowest BCUT2D eigenvalue weighted by Crippen LogP contribution is -1.97. The van der Waals surface area contributed by atoms with Gasteiger partial charge in [0.05, 0.1) is 49.2 Å². The molecular weight excluding hydrogens is 1710 g/mol. The van der Waals surface area contributed by atoms with Gasteiger partial charge in [-0.15, -0.1) is 0 Å². The van der Waals surface area contributed by atoms with E-state index in [-0.39, 0.29) is 0 Å². The Morgan fingerprint density at radius 3 is 0.586 bits per heavy atom. The number of hydrogen-bond donors (Lipinski definition) is 2. The highest BCUT2D eigenvalue weighted by Crippen LogP contribution is 2.41. The Balaban J connectivity index is 0.873. The largest absolute Gasteiger partial charge is 0.494 e. The third kappa shape index (κ3) is 51.0. The summed E-state index contributed by atoms with van der Waals surface area (Å²) in [5.41, 5.74) is 15.8. The van der Waals surface area contributed by atoms with Crippen molar-refractivity contribution in [1.82, 2.24) is 19.9 Å². The van der Waals surface area contributed by atoms with Crippen LogP contribution in [0.25, 0.3) is 90.9 Å². The second-order valence-electron chi connectivity index (χ2n) is 42.9. The number of rotatable bonds is 92. The molecule has 0 fully saturated rings. The molecule has 0 aliphatic carbocycles. The highest BCUT2D eigenvalue weighted by Gasteiger charge is 2.21. The minimum Gasteiger partial charge on any atom is -0.494 e. The third-order valence-corrected chi connectivity index (χ3v) is 30.4. The van der Waals surface area contributed by atoms with Gasteiger partial charge < -0.3 is 28.9 Å². The van der Waals surface area contributed by atoms with Crippen molar-refractivity contribution in [3.63, 3.8) is 0 Å². The number of fused-ring (bicyclic) bond motifs is 8. The summed E-state index contributed by atoms with van der Waals surface area (Å²) in [6.07, 6.45) is 119. The number of unbranched alkanes of at least 4 members (excludes halogenated alkanes) is 76. The molecule has 0 unspecified atom stereocenters. The highest BCUT2D eigenvalue weighted by molar-refractivity contribution is 5.99. The summed E-state index contributed by atoms with van der Waals surface area (Å²) in [6.45, 7) is 12.1. The summed E-state index contributed by atoms with van der Waals surface area (Å²) in [4.78, 5) is 19.4. The molecule has 0 spiro atoms. The maximum absolute atomic E-state index is 6.57. The van der Waals surface area contributed by atoms with E-state index in [2.05, 4.69) is 183 Å². The first kappa shape index (κ1) is 116. The van der Waals surface area contributed by atoms with Gasteiger partial charge in [-0.1, -0.05) is 564 Å². The second kappa shape index (κ2) is 79.0. The van der Waals surface area contributed by atoms with Crippen LogP contribution in [0.15, 0.2) is 121 Å². The van der Waals surface area contributed by atoms with Gasteiger partial charge in [0, 0.05) is 44.3 Å². The van der Waals surface area contributed by atoms with Gasteiger partial charge in [0.2, 0.25) is 0 Å². The minimum atomic E-state index is 0.717. The Labute approximate surface area is 859 Å². The maximum atomic E-state index is 6.57. The lowest BCUT2D eigenvalue weighted by Gasteiger charge is -2.10. The van der Waals surface area contributed by atoms with Crippen LogP contribution in [0.4, 0.5) is 0 Å². The van der Waals surface area contributed by atoms with E-state index >= 15 is 0 Å². The zero-order valence-electron chi connectivity index (χ0n) is 90.8. The fourth-order valence-corrected chi connectivity index (χ4v) is 21.4. The Morgan fingerprint density at radius 2 is 0.357 bits per heavy atom. The van der Waals surface area contributed by atoms with Gasteiger partial charge in [-0.2, -0.15) is 0 Å². The van der Waals surface area contributed by atoms with Crippen molar-refractivity contribution in [2.24, 2.45) is 0 Å². The summed E-state index contributed by atoms with van der Waals surface area (Å²) >= 11 is 0. The average molecular weight is 1910 g/mol. The first-order chi connectivity index (χ1) is 69.5. The predicted molar refractivity (Wildman–Crippen MR) is 615 cm³/mol. The molecule has 2 N–H and O–H groups in total. The number of aromatic nitrogens is 4. The first-order valence-electron chi connectivity index (χ1n) is 60.6. The predicted octanol–water partition coefficient (Wildman–Crippen LogP) is 44.1. The SMILES string of the molecule is CCCCCCCCCCCCCCCCCCCCCCOc1ccc(-c2cc3[nH]c2cc2nc(c(-c4ccc(OCCCCCCCCCCCCCCCCCCCCCC)cc4)c4ccc([nH]4)c(-c4ccc(OCCCCCCCCCCCCCCCCCCCCCC)cc4)c4nc(c3-c3ccc(OCCCCCCCCCCCCCCCCCCCCCC)cc3)C=C4)C=C2)cc1. The number of hydrogen-bond acceptors (Lipinski definition) is 6. The number of nitrogens with zero attached hydrogens (tertiary/aromatic N) is 2. The standard InChI is InChI=1S/C132H206N4O4/c1-5-9-13-17-21-25-29-33-37-41-45-49-53-57-61-65-69-73-77-81-107-137-118-94-85-113(86-95-118)122-112-129-132(116-91-100-121(101-92-116)140-110-84-80-76-72-68-64-60-56-52-48-44-40-36-32-28-24-20-16-12-8-4)127-106-105-126(135-127)131(115-89-98-120(99-90-115)139-109-83-79-75-71-67-63-59-55-51-47-43-39-35-31-27-23-19-15-11-7-3)125-104-103-124(134-125)130(123-102-93-117(133-123)111-128(122)136-129)114-87-96-119(97-88-114)138-108-82-78-74-70-66-62-58-54-50-46-42-38-34-30-26-22-18-14-10-6-2/h85-106,111-112,134,136H,5-84,107-110H2,1-4H3. The van der Waals surface area contributed by atoms with Crippen LogP contribution in [0.1, 0.15) is 564 Å². The molecule has 2 aliphatic heterocycles. The Morgan fingerprint density at radius 1 is 0.171 bits per heavy atom. The van der Waals surface area contributed by atoms with Crippen LogP contribution in [-0.4, -0.2) is 46.4 Å². The maximum Gasteiger partial charge on any atom is 0.119 e. The monoisotopic (exact) mass is 1910 g/mol. The zero-order chi connectivity index (χ0) is 97.6. The topological polar surface area (TPSA) is 94.3 Å². The summed E-state index contributed by atoms with van der Waals surface area (Å²) in [5, 5.41) is 0. The molecule has 0 saturated carbocycles. The van der Waals surface area contributed by atoms with Crippen LogP contribution < -0.4 is 18.9 Å². The van der Waals surface area contributed by atoms with E-state index < -0.39 is 0 Å². The number of benzene rings is 4. The molecule has 7 aromatic rings. The zero-order valence-corrected chi connectivity index (χ0v) is 90.8. The second-order valence-corrected chi connectivity index (χ2v) is 42.9. The van der Waals surface area contributed by atoms with Crippen molar-refractivity contribution >= 4 is 46.4 Å². The minimum absolute atomic E-state index is 0.717. The molecule has 0 atom stereocenters. The lowest BCUT2D eigenvalue weighted by molar-refractivity contribution is 0.304. The summed E-state index contributed by atoms with van der Waals surface area (Å²) < 4.78 is 26.2. The smallest absolute Gasteiger partial charge is 0.119 e. The fourth-order valence-electron chi connectivity index (χ4n) is 21.4. The molecule has 8 nitrogen and oxygen atoms in total. The molecular formula is C132H206N4O4. The van der Waals surface area contributed by atoms with Gasteiger partial charge >= 0.3 is 0 Å². The van der Waals surface area contributed by atoms with E-state index in [4.69, 9.17) is 28.9 Å². The van der Waals surface area contributed by atoms with Gasteiger partial charge in [-0.05, 0) is 145 Å². The Hall–Kier alpha value is -7.32. The first-order valence-corrected chi connectivity index (χ1v) is 60.6. The lowest BCUT2D eigenvalue weighted by atomic mass is 10.0. The molecule has 4 aromatic carbocycles. The van der Waals surface area contributed by atoms with E-state index in [1.165, 1.54) is 488 Å². The fraction of sp³-hybridized carbons (Fsp3) is 0.667. The third-order valence-electron chi connectivity index (χ3n) is 30.4. The van der Waals surface area contributed by atoms with Crippen LogP contribution in [0.2, 0.25) is 0 Å². The molecule has 8 heteroatoms. The Kier molecular flexibility index (Phi) is 65.6. The summed E-state index contributed by atoms with van der Waals surface area (Å²) in [7, 11) is 0. The van der Waals surface area contributed by atoms with Gasteiger partial charge in [0.15, 0.2) is 0 Å². The van der Waals surface area contributed by atoms with Crippen molar-refractivity contribution in [3.8, 4) is 67.5 Å². The van der Waals surface area contributed by atoms with E-state index in [1.807, 2.05) is 0 Å². The quantitative estimate of drug-likeness (QED) is 0.0369. The highest BCUT2D eigenvalue weighted by atomic mass is 16.5. The van der Waals surface area contributed by atoms with Crippen LogP contribution in [0.3, 0.4) is 0 Å². The van der Waals surface area contributed by atoms with Crippen LogP contribution in [-0.2, 0) is 0 Å². The van der Waals surface area contributed by atoms with E-state index in [0.29, 0.717) is 0 Å². The molecule has 2 aliphatic rings. The number of H-pyrrole nitrogens is 2. The number of ether oxygens (including phenoxy) is 4. The van der Waals surface area contributed by atoms with Crippen molar-refractivity contribution < 1.29 is 18.9 Å². The van der Waals surface area contributed by atoms with Gasteiger partial charge in [-0.3, -0.25) is 0 Å². The van der Waals surface area contributed by atoms with Gasteiger partial charge in [-0.25, -0.2) is 9.97 Å². The van der Waals surface area contributed by atoms with Crippen molar-refractivity contribution in [3.05, 3.63) is 144 Å². The number of nitrogens with one attached hydrogen (secondary N) is 2. The van der Waals surface area contributed by atoms with Crippen molar-refractivity contribution in [1.29, 1.82) is 0 Å². The molecule has 0 amide bonds. The van der Waals surface area contributed by atoms with Gasteiger partial charge in [0.25, 0.3) is 0 Å². The van der Waals surface area contributed by atoms with Gasteiger partial charge in [0.1, 0.15) is 23.0 Å². The van der Waals surface area contributed by atoms with Crippen molar-refractivity contribution in [2.45, 2.75) is 541 Å². The molecule has 3 aromatic heterocycles. The van der Waals surface area contributed by atoms with Crippen LogP contribution in [0.5, 0.6) is 23.0 Å². The molecule has 9 rings (SSSR count). The normalized spacial score (nSPS) is 11.9. The average Bonchev–Trinajstić information content (AvgIpc) is 1.61. The van der Waals surface area contributed by atoms with Crippen LogP contribution >= 0.6 is 0 Å². The number of aromatic amines is 2. The molecule has 140 heavy (non-hydrogen) atoms. The molecule has 8 bridgehead atoms. The van der Waals surface area contributed by atoms with Crippen LogP contribution in [0, 0.1) is 0 Å². The van der Waals surface area contributed by atoms with Crippen molar-refractivity contribution in [2.75, 3.05) is 26.4 Å². The molecule has 5 heterocycles. The molecule has 0 saturated heterocycles. The van der Waals surface area contributed by atoms with E-state index in [1.54, 1.807) is 0 Å². The molecule has 778 valence electrons. The molecule has 0 radical (unpaired) electrons. The van der Waals surface area contributed by atoms with E-state index in [0.717, 1.165) is 164 Å². The van der Waals surface area contributed by atoms with E-state index in [9.17, 15) is 0 Å². The summed E-state index contributed by atoms with van der Waals surface area (Å²) in [5.74, 6) is 3.60. The summed E-state index contributed by atoms with van der Waals surface area (Å²) in [6, 6.07) is 44.2. The Bertz CT molecular complexity index is 4390.